The molecule has 1 saturated heterocycles. The lowest BCUT2D eigenvalue weighted by Gasteiger charge is -2.56. The summed E-state index contributed by atoms with van der Waals surface area (Å²) in [6, 6.07) is 19.4. The zero-order chi connectivity index (χ0) is 24.9. The number of benzene rings is 3. The van der Waals surface area contributed by atoms with Gasteiger partial charge in [-0.1, -0.05) is 47.5 Å². The number of carbonyl (C=O) groups is 1. The van der Waals surface area contributed by atoms with Crippen molar-refractivity contribution in [2.24, 2.45) is 5.92 Å². The van der Waals surface area contributed by atoms with Gasteiger partial charge in [0.2, 0.25) is 5.91 Å². The van der Waals surface area contributed by atoms with Gasteiger partial charge in [-0.25, -0.2) is 0 Å². The molecule has 2 bridgehead atoms. The quantitative estimate of drug-likeness (QED) is 0.479. The summed E-state index contributed by atoms with van der Waals surface area (Å²) in [6.45, 7) is 7.99. The molecule has 0 spiro atoms. The van der Waals surface area contributed by atoms with Crippen molar-refractivity contribution in [3.63, 3.8) is 0 Å². The molecule has 0 unspecified atom stereocenters. The van der Waals surface area contributed by atoms with E-state index in [-0.39, 0.29) is 11.9 Å². The molecule has 7 heteroatoms. The van der Waals surface area contributed by atoms with Crippen molar-refractivity contribution in [1.29, 1.82) is 0 Å². The maximum atomic E-state index is 14.0. The number of anilines is 2. The summed E-state index contributed by atoms with van der Waals surface area (Å²) in [5.74, 6) is 0.469. The third-order valence-corrected chi connectivity index (χ3v) is 7.22. The zero-order valence-electron chi connectivity index (χ0n) is 20.5. The van der Waals surface area contributed by atoms with Crippen LogP contribution in [0.4, 0.5) is 11.4 Å². The second-order valence-electron chi connectivity index (χ2n) is 9.42. The number of nitrogens with zero attached hydrogens (tertiary/aromatic N) is 1. The van der Waals surface area contributed by atoms with Crippen LogP contribution in [0.15, 0.2) is 60.7 Å². The molecule has 3 aromatic carbocycles. The first-order chi connectivity index (χ1) is 16.7. The van der Waals surface area contributed by atoms with Crippen molar-refractivity contribution >= 4 is 34.6 Å². The number of nitrogens with one attached hydrogen (secondary N) is 2. The van der Waals surface area contributed by atoms with Crippen LogP contribution in [-0.4, -0.2) is 23.9 Å². The van der Waals surface area contributed by atoms with E-state index in [2.05, 4.69) is 16.7 Å². The van der Waals surface area contributed by atoms with E-state index in [1.54, 1.807) is 7.11 Å². The molecule has 3 aromatic rings. The van der Waals surface area contributed by atoms with Crippen LogP contribution in [0.2, 0.25) is 0 Å². The van der Waals surface area contributed by atoms with Gasteiger partial charge in [-0.05, 0) is 69.7 Å². The Labute approximate surface area is 211 Å². The fourth-order valence-electron chi connectivity index (χ4n) is 5.18. The van der Waals surface area contributed by atoms with Crippen molar-refractivity contribution in [1.82, 2.24) is 5.32 Å². The number of hydrogen-bond donors (Lipinski definition) is 2. The highest BCUT2D eigenvalue weighted by Crippen LogP contribution is 2.52. The van der Waals surface area contributed by atoms with Crippen molar-refractivity contribution < 1.29 is 14.3 Å². The van der Waals surface area contributed by atoms with Crippen LogP contribution < -0.4 is 25.0 Å². The van der Waals surface area contributed by atoms with Crippen molar-refractivity contribution in [2.45, 2.75) is 39.5 Å². The molecule has 5 rings (SSSR count). The molecule has 1 fully saturated rings. The molecule has 180 valence electrons. The standard InChI is InChI=1S/C28H29N3O3S/c1-16-9-12-19(13-10-16)31-27(35)30-24-20-7-6-8-22(33-5)25(20)34-28(31,4)23(24)26(32)29-21-14-11-17(2)15-18(21)3/h6-15,23-24H,1-5H3,(H,29,32)(H,30,35)/t23-,24+,28+/m0/s1. The zero-order valence-corrected chi connectivity index (χ0v) is 21.3. The van der Waals surface area contributed by atoms with E-state index >= 15 is 0 Å². The molecule has 0 radical (unpaired) electrons. The van der Waals surface area contributed by atoms with Crippen molar-refractivity contribution in [2.75, 3.05) is 17.3 Å². The van der Waals surface area contributed by atoms with Gasteiger partial charge in [0.05, 0.1) is 13.2 Å². The van der Waals surface area contributed by atoms with Crippen LogP contribution >= 0.6 is 12.2 Å². The van der Waals surface area contributed by atoms with Gasteiger partial charge in [0.15, 0.2) is 22.3 Å². The molecule has 6 nitrogen and oxygen atoms in total. The lowest BCUT2D eigenvalue weighted by Crippen LogP contribution is -2.72. The molecular weight excluding hydrogens is 458 g/mol. The summed E-state index contributed by atoms with van der Waals surface area (Å²) < 4.78 is 12.3. The third kappa shape index (κ3) is 3.80. The van der Waals surface area contributed by atoms with E-state index in [1.165, 1.54) is 0 Å². The Morgan fingerprint density at radius 2 is 1.80 bits per heavy atom. The van der Waals surface area contributed by atoms with Crippen molar-refractivity contribution in [3.8, 4) is 11.5 Å². The van der Waals surface area contributed by atoms with Gasteiger partial charge in [0.1, 0.15) is 5.92 Å². The lowest BCUT2D eigenvalue weighted by molar-refractivity contribution is -0.130. The van der Waals surface area contributed by atoms with Gasteiger partial charge >= 0.3 is 0 Å². The number of thiocarbonyl (C=S) groups is 1. The molecular formula is C28H29N3O3S. The number of para-hydroxylation sites is 1. The normalized spacial score (nSPS) is 22.5. The third-order valence-electron chi connectivity index (χ3n) is 6.92. The molecule has 0 aromatic heterocycles. The maximum absolute atomic E-state index is 14.0. The fraction of sp³-hybridized carbons (Fsp3) is 0.286. The number of ether oxygens (including phenoxy) is 2. The Kier molecular flexibility index (Phi) is 5.68. The average molecular weight is 488 g/mol. The summed E-state index contributed by atoms with van der Waals surface area (Å²) in [5.41, 5.74) is 4.64. The monoisotopic (exact) mass is 487 g/mol. The topological polar surface area (TPSA) is 62.8 Å². The second-order valence-corrected chi connectivity index (χ2v) is 9.81. The number of rotatable bonds is 4. The highest BCUT2D eigenvalue weighted by Gasteiger charge is 2.59. The Balaban J connectivity index is 1.64. The van der Waals surface area contributed by atoms with Gasteiger partial charge in [0, 0.05) is 16.9 Å². The summed E-state index contributed by atoms with van der Waals surface area (Å²) in [7, 11) is 1.62. The Hall–Kier alpha value is -3.58. The molecule has 35 heavy (non-hydrogen) atoms. The predicted octanol–water partition coefficient (Wildman–Crippen LogP) is 5.42. The average Bonchev–Trinajstić information content (AvgIpc) is 2.81. The van der Waals surface area contributed by atoms with Gasteiger partial charge in [-0.2, -0.15) is 0 Å². The highest BCUT2D eigenvalue weighted by molar-refractivity contribution is 7.80. The Morgan fingerprint density at radius 1 is 1.09 bits per heavy atom. The fourth-order valence-corrected chi connectivity index (χ4v) is 5.59. The van der Waals surface area contributed by atoms with Crippen molar-refractivity contribution in [3.05, 3.63) is 82.9 Å². The molecule has 0 saturated carbocycles. The first-order valence-electron chi connectivity index (χ1n) is 11.6. The van der Waals surface area contributed by atoms with E-state index < -0.39 is 11.6 Å². The van der Waals surface area contributed by atoms with Crippen LogP contribution in [0.1, 0.15) is 35.2 Å². The summed E-state index contributed by atoms with van der Waals surface area (Å²) in [6.07, 6.45) is 0. The number of carbonyl (C=O) groups excluding carboxylic acids is 1. The molecule has 2 aliphatic rings. The largest absolute Gasteiger partial charge is 0.493 e. The number of fused-ring (bicyclic) bond motifs is 4. The van der Waals surface area contributed by atoms with Crippen LogP contribution in [0.5, 0.6) is 11.5 Å². The predicted molar refractivity (Wildman–Crippen MR) is 142 cm³/mol. The minimum Gasteiger partial charge on any atom is -0.493 e. The second kappa shape index (κ2) is 8.57. The number of methoxy groups -OCH3 is 1. The SMILES string of the molecule is COc1cccc2c1O[C@]1(C)[C@H](C(=O)Nc3ccc(C)cc3C)[C@@H]2NC(=S)N1c1ccc(C)cc1. The smallest absolute Gasteiger partial charge is 0.236 e. The molecule has 2 aliphatic heterocycles. The van der Waals surface area contributed by atoms with E-state index in [9.17, 15) is 4.79 Å². The van der Waals surface area contributed by atoms with Crippen LogP contribution in [0, 0.1) is 26.7 Å². The van der Waals surface area contributed by atoms with Crippen LogP contribution in [-0.2, 0) is 4.79 Å². The molecule has 2 heterocycles. The summed E-state index contributed by atoms with van der Waals surface area (Å²) in [4.78, 5) is 15.9. The van der Waals surface area contributed by atoms with E-state index in [4.69, 9.17) is 21.7 Å². The first-order valence-corrected chi connectivity index (χ1v) is 12.0. The number of amides is 1. The number of hydrogen-bond acceptors (Lipinski definition) is 4. The summed E-state index contributed by atoms with van der Waals surface area (Å²) in [5, 5.41) is 7.11. The number of aryl methyl sites for hydroxylation is 3. The maximum Gasteiger partial charge on any atom is 0.236 e. The van der Waals surface area contributed by atoms with E-state index in [0.717, 1.165) is 33.6 Å². The van der Waals surface area contributed by atoms with Gasteiger partial charge in [-0.15, -0.1) is 0 Å². The molecule has 0 aliphatic carbocycles. The molecule has 1 amide bonds. The van der Waals surface area contributed by atoms with Gasteiger partial charge < -0.3 is 20.1 Å². The van der Waals surface area contributed by atoms with Crippen LogP contribution in [0.25, 0.3) is 0 Å². The first kappa shape index (κ1) is 23.2. The minimum atomic E-state index is -1.10. The highest BCUT2D eigenvalue weighted by atomic mass is 32.1. The van der Waals surface area contributed by atoms with Gasteiger partial charge in [-0.3, -0.25) is 9.69 Å². The van der Waals surface area contributed by atoms with E-state index in [1.807, 2.05) is 87.2 Å². The molecule has 3 atom stereocenters. The Bertz CT molecular complexity index is 1320. The minimum absolute atomic E-state index is 0.148. The molecule has 2 N–H and O–H groups in total. The lowest BCUT2D eigenvalue weighted by atomic mass is 9.78. The van der Waals surface area contributed by atoms with Crippen LogP contribution in [0.3, 0.4) is 0 Å². The Morgan fingerprint density at radius 3 is 2.49 bits per heavy atom. The summed E-state index contributed by atoms with van der Waals surface area (Å²) >= 11 is 5.83. The van der Waals surface area contributed by atoms with E-state index in [0.29, 0.717) is 16.6 Å². The van der Waals surface area contributed by atoms with Gasteiger partial charge in [0.25, 0.3) is 0 Å².